The van der Waals surface area contributed by atoms with Crippen LogP contribution in [0.3, 0.4) is 0 Å². The average molecular weight is 428 g/mol. The fourth-order valence-electron chi connectivity index (χ4n) is 3.31. The van der Waals surface area contributed by atoms with Crippen molar-refractivity contribution in [2.24, 2.45) is 0 Å². The highest BCUT2D eigenvalue weighted by Crippen LogP contribution is 2.34. The number of nitrogens with zero attached hydrogens (tertiary/aromatic N) is 3. The summed E-state index contributed by atoms with van der Waals surface area (Å²) >= 11 is 0.995. The van der Waals surface area contributed by atoms with Gasteiger partial charge in [0.15, 0.2) is 11.9 Å². The number of benzene rings is 1. The van der Waals surface area contributed by atoms with Crippen molar-refractivity contribution in [3.05, 3.63) is 64.1 Å². The van der Waals surface area contributed by atoms with Crippen LogP contribution >= 0.6 is 11.3 Å². The van der Waals surface area contributed by atoms with Gasteiger partial charge in [0, 0.05) is 6.42 Å². The molecule has 2 N–H and O–H groups in total. The lowest BCUT2D eigenvalue weighted by Gasteiger charge is -2.21. The molecule has 0 bridgehead atoms. The minimum absolute atomic E-state index is 0.0220. The molecular weight excluding hydrogens is 408 g/mol. The van der Waals surface area contributed by atoms with Gasteiger partial charge in [-0.05, 0) is 19.1 Å². The largest absolute Gasteiger partial charge is 0.491 e. The summed E-state index contributed by atoms with van der Waals surface area (Å²) in [4.78, 5) is 32.7. The number of thiazole rings is 1. The third kappa shape index (κ3) is 4.05. The molecule has 1 saturated heterocycles. The molecule has 1 aromatic carbocycles. The fraction of sp³-hybridized carbons (Fsp3) is 0.300. The average Bonchev–Trinajstić information content (AvgIpc) is 3.25. The topological polar surface area (TPSA) is 119 Å². The lowest BCUT2D eigenvalue weighted by atomic mass is 10.2. The van der Waals surface area contributed by atoms with Crippen LogP contribution in [0.15, 0.2) is 53.7 Å². The Balaban J connectivity index is 1.56. The molecule has 1 fully saturated rings. The normalized spacial score (nSPS) is 20.9. The van der Waals surface area contributed by atoms with Gasteiger partial charge in [-0.1, -0.05) is 36.1 Å². The number of esters is 1. The van der Waals surface area contributed by atoms with E-state index in [1.807, 2.05) is 6.07 Å². The number of rotatable bonds is 6. The van der Waals surface area contributed by atoms with Crippen LogP contribution in [0.25, 0.3) is 10.3 Å². The number of anilines is 1. The van der Waals surface area contributed by atoms with Crippen molar-refractivity contribution in [2.45, 2.75) is 31.8 Å². The van der Waals surface area contributed by atoms with Crippen LogP contribution in [0, 0.1) is 0 Å². The molecule has 0 unspecified atom stereocenters. The van der Waals surface area contributed by atoms with E-state index in [1.165, 1.54) is 10.8 Å². The monoisotopic (exact) mass is 428 g/mol. The van der Waals surface area contributed by atoms with Crippen molar-refractivity contribution in [1.29, 1.82) is 0 Å². The molecule has 2 aromatic heterocycles. The van der Waals surface area contributed by atoms with Crippen LogP contribution in [-0.2, 0) is 14.2 Å². The molecule has 156 valence electrons. The third-order valence-corrected chi connectivity index (χ3v) is 5.42. The quantitative estimate of drug-likeness (QED) is 0.470. The van der Waals surface area contributed by atoms with Gasteiger partial charge in [-0.15, -0.1) is 0 Å². The number of aromatic nitrogens is 3. The van der Waals surface area contributed by atoms with E-state index in [-0.39, 0.29) is 17.4 Å². The summed E-state index contributed by atoms with van der Waals surface area (Å²) in [6, 6.07) is 8.69. The van der Waals surface area contributed by atoms with Gasteiger partial charge < -0.3 is 19.9 Å². The van der Waals surface area contributed by atoms with Gasteiger partial charge in [-0.25, -0.2) is 9.78 Å². The number of carbonyl (C=O) groups is 1. The Hall–Kier alpha value is -3.24. The Morgan fingerprint density at radius 1 is 1.40 bits per heavy atom. The highest BCUT2D eigenvalue weighted by atomic mass is 32.1. The number of carbonyl (C=O) groups excluding carboxylic acids is 1. The molecule has 0 aliphatic carbocycles. The molecule has 9 nitrogen and oxygen atoms in total. The zero-order valence-electron chi connectivity index (χ0n) is 16.2. The summed E-state index contributed by atoms with van der Waals surface area (Å²) in [5.74, 6) is 0.0914. The summed E-state index contributed by atoms with van der Waals surface area (Å²) < 4.78 is 19.3. The van der Waals surface area contributed by atoms with Crippen molar-refractivity contribution in [3.8, 4) is 0 Å². The Morgan fingerprint density at radius 3 is 2.90 bits per heavy atom. The summed E-state index contributed by atoms with van der Waals surface area (Å²) in [6.45, 7) is 5.52. The molecular formula is C20H20N4O5S. The lowest BCUT2D eigenvalue weighted by molar-refractivity contribution is -0.0594. The van der Waals surface area contributed by atoms with Gasteiger partial charge in [0.25, 0.3) is 0 Å². The number of nitrogens with two attached hydrogens (primary N) is 1. The summed E-state index contributed by atoms with van der Waals surface area (Å²) in [5, 5.41) is 0. The molecule has 0 saturated carbocycles. The second kappa shape index (κ2) is 8.25. The molecule has 0 radical (unpaired) electrons. The van der Waals surface area contributed by atoms with Gasteiger partial charge in [0.2, 0.25) is 5.95 Å². The minimum atomic E-state index is -0.766. The van der Waals surface area contributed by atoms with Crippen molar-refractivity contribution < 1.29 is 19.0 Å². The summed E-state index contributed by atoms with van der Waals surface area (Å²) in [5.41, 5.74) is 6.53. The zero-order valence-corrected chi connectivity index (χ0v) is 17.0. The molecule has 3 aromatic rings. The van der Waals surface area contributed by atoms with E-state index in [0.717, 1.165) is 11.3 Å². The molecule has 0 amide bonds. The highest BCUT2D eigenvalue weighted by molar-refractivity contribution is 7.16. The minimum Gasteiger partial charge on any atom is -0.491 e. The van der Waals surface area contributed by atoms with E-state index < -0.39 is 24.4 Å². The highest BCUT2D eigenvalue weighted by Gasteiger charge is 2.40. The molecule has 3 heterocycles. The van der Waals surface area contributed by atoms with Crippen LogP contribution in [0.2, 0.25) is 0 Å². The lowest BCUT2D eigenvalue weighted by Crippen LogP contribution is -2.28. The van der Waals surface area contributed by atoms with E-state index in [2.05, 4.69) is 16.5 Å². The molecule has 30 heavy (non-hydrogen) atoms. The number of hydrogen-bond donors (Lipinski definition) is 1. The van der Waals surface area contributed by atoms with Crippen LogP contribution < -0.4 is 10.6 Å². The van der Waals surface area contributed by atoms with E-state index in [4.69, 9.17) is 19.9 Å². The summed E-state index contributed by atoms with van der Waals surface area (Å²) in [7, 11) is 0. The first kappa shape index (κ1) is 20.0. The first-order valence-corrected chi connectivity index (χ1v) is 10.1. The summed E-state index contributed by atoms with van der Waals surface area (Å²) in [6.07, 6.45) is 0.174. The van der Waals surface area contributed by atoms with E-state index in [9.17, 15) is 9.59 Å². The maximum Gasteiger partial charge on any atom is 0.338 e. The second-order valence-corrected chi connectivity index (χ2v) is 7.85. The van der Waals surface area contributed by atoms with Gasteiger partial charge in [-0.3, -0.25) is 9.36 Å². The van der Waals surface area contributed by atoms with Crippen molar-refractivity contribution in [3.63, 3.8) is 0 Å². The SMILES string of the molecule is C=C(C)O[C@@H]1C[C@@H](COC(=O)c2ccccc2)O[C@H]1n1c(=O)sc2cnc(N)nc21. The zero-order chi connectivity index (χ0) is 21.3. The maximum absolute atomic E-state index is 12.7. The number of fused-ring (bicyclic) bond motifs is 1. The number of hydrogen-bond acceptors (Lipinski definition) is 9. The Morgan fingerprint density at radius 2 is 2.17 bits per heavy atom. The van der Waals surface area contributed by atoms with Gasteiger partial charge in [0.1, 0.15) is 12.7 Å². The number of nitrogen functional groups attached to an aromatic ring is 1. The van der Waals surface area contributed by atoms with Crippen LogP contribution in [-0.4, -0.2) is 39.3 Å². The first-order valence-electron chi connectivity index (χ1n) is 9.25. The van der Waals surface area contributed by atoms with E-state index >= 15 is 0 Å². The van der Waals surface area contributed by atoms with Gasteiger partial charge in [0.05, 0.1) is 28.3 Å². The standard InChI is InChI=1S/C20H20N4O5S/c1-11(2)28-14-8-13(10-27-18(25)12-6-4-3-5-7-12)29-17(14)24-16-15(30-20(24)26)9-22-19(21)23-16/h3-7,9,13-14,17H,1,8,10H2,2H3,(H2,21,22,23)/t13-,14+,17+/m0/s1. The van der Waals surface area contributed by atoms with E-state index in [1.54, 1.807) is 31.2 Å². The number of ether oxygens (including phenoxy) is 3. The maximum atomic E-state index is 12.7. The second-order valence-electron chi connectivity index (χ2n) is 6.86. The number of allylic oxidation sites excluding steroid dienone is 1. The fourth-order valence-corrected chi connectivity index (χ4v) is 4.13. The molecule has 3 atom stereocenters. The van der Waals surface area contributed by atoms with Crippen LogP contribution in [0.5, 0.6) is 0 Å². The molecule has 0 spiro atoms. The van der Waals surface area contributed by atoms with Crippen LogP contribution in [0.4, 0.5) is 5.95 Å². The predicted octanol–water partition coefficient (Wildman–Crippen LogP) is 2.50. The van der Waals surface area contributed by atoms with Crippen LogP contribution in [0.1, 0.15) is 29.9 Å². The molecule has 4 rings (SSSR count). The molecule has 1 aliphatic heterocycles. The Bertz CT molecular complexity index is 1140. The van der Waals surface area contributed by atoms with Gasteiger partial charge in [-0.2, -0.15) is 4.98 Å². The molecule has 1 aliphatic rings. The Labute approximate surface area is 175 Å². The third-order valence-electron chi connectivity index (χ3n) is 4.54. The molecule has 10 heteroatoms. The van der Waals surface area contributed by atoms with E-state index in [0.29, 0.717) is 28.1 Å². The Kier molecular flexibility index (Phi) is 5.51. The van der Waals surface area contributed by atoms with Gasteiger partial charge >= 0.3 is 10.8 Å². The smallest absolute Gasteiger partial charge is 0.338 e. The van der Waals surface area contributed by atoms with Crippen molar-refractivity contribution >= 4 is 33.6 Å². The van der Waals surface area contributed by atoms with Crippen molar-refractivity contribution in [1.82, 2.24) is 14.5 Å². The van der Waals surface area contributed by atoms with Crippen molar-refractivity contribution in [2.75, 3.05) is 12.3 Å². The first-order chi connectivity index (χ1) is 14.4. The predicted molar refractivity (Wildman–Crippen MR) is 111 cm³/mol.